The van der Waals surface area contributed by atoms with Crippen LogP contribution < -0.4 is 5.73 Å². The van der Waals surface area contributed by atoms with Gasteiger partial charge in [0.2, 0.25) is 0 Å². The molecule has 108 valence electrons. The Kier molecular flexibility index (Phi) is 3.30. The first-order chi connectivity index (χ1) is 9.78. The summed E-state index contributed by atoms with van der Waals surface area (Å²) in [4.78, 5) is 4.42. The predicted molar refractivity (Wildman–Crippen MR) is 81.1 cm³/mol. The molecule has 4 fully saturated rings. The zero-order valence-corrected chi connectivity index (χ0v) is 12.2. The van der Waals surface area contributed by atoms with Crippen molar-refractivity contribution in [1.29, 1.82) is 0 Å². The fraction of sp³-hybridized carbons (Fsp3) is 0.722. The number of nitrogens with two attached hydrogens (primary N) is 1. The molecule has 2 N–H and O–H groups in total. The van der Waals surface area contributed by atoms with Crippen LogP contribution in [0.15, 0.2) is 24.4 Å². The lowest BCUT2D eigenvalue weighted by atomic mass is 9.51. The predicted octanol–water partition coefficient (Wildman–Crippen LogP) is 3.41. The van der Waals surface area contributed by atoms with Gasteiger partial charge >= 0.3 is 0 Å². The third kappa shape index (κ3) is 2.39. The van der Waals surface area contributed by atoms with Gasteiger partial charge in [-0.05, 0) is 80.2 Å². The monoisotopic (exact) mass is 270 g/mol. The van der Waals surface area contributed by atoms with Crippen LogP contribution in [0.5, 0.6) is 0 Å². The van der Waals surface area contributed by atoms with E-state index < -0.39 is 0 Å². The molecule has 0 aliphatic heterocycles. The summed E-state index contributed by atoms with van der Waals surface area (Å²) in [6, 6.07) is 6.45. The molecule has 20 heavy (non-hydrogen) atoms. The Morgan fingerprint density at radius 3 is 2.35 bits per heavy atom. The summed E-state index contributed by atoms with van der Waals surface area (Å²) in [5.74, 6) is 5.06. The van der Waals surface area contributed by atoms with Gasteiger partial charge in [0.1, 0.15) is 0 Å². The van der Waals surface area contributed by atoms with E-state index >= 15 is 0 Å². The van der Waals surface area contributed by atoms with E-state index in [9.17, 15) is 0 Å². The number of hydrogen-bond donors (Lipinski definition) is 1. The van der Waals surface area contributed by atoms with Crippen molar-refractivity contribution in [3.8, 4) is 0 Å². The molecule has 1 aromatic rings. The van der Waals surface area contributed by atoms with Gasteiger partial charge in [-0.3, -0.25) is 4.98 Å². The Balaban J connectivity index is 1.39. The quantitative estimate of drug-likeness (QED) is 0.910. The normalized spacial score (nSPS) is 40.0. The van der Waals surface area contributed by atoms with E-state index in [1.807, 2.05) is 12.3 Å². The van der Waals surface area contributed by atoms with E-state index in [2.05, 4.69) is 17.1 Å². The van der Waals surface area contributed by atoms with Crippen LogP contribution in [0.4, 0.5) is 0 Å². The highest BCUT2D eigenvalue weighted by atomic mass is 14.7. The molecule has 4 saturated carbocycles. The maximum Gasteiger partial charge on any atom is 0.0419 e. The number of aromatic nitrogens is 1. The summed E-state index contributed by atoms with van der Waals surface area (Å²) >= 11 is 0. The Morgan fingerprint density at radius 1 is 1.05 bits per heavy atom. The van der Waals surface area contributed by atoms with Crippen LogP contribution in [0, 0.1) is 29.6 Å². The van der Waals surface area contributed by atoms with Gasteiger partial charge in [0, 0.05) is 24.4 Å². The lowest BCUT2D eigenvalue weighted by molar-refractivity contribution is -0.0419. The van der Waals surface area contributed by atoms with Gasteiger partial charge in [-0.2, -0.15) is 0 Å². The van der Waals surface area contributed by atoms with Crippen LogP contribution in [-0.2, 0) is 6.42 Å². The summed E-state index contributed by atoms with van der Waals surface area (Å²) < 4.78 is 0. The molecule has 0 amide bonds. The summed E-state index contributed by atoms with van der Waals surface area (Å²) in [5, 5.41) is 0. The van der Waals surface area contributed by atoms with E-state index in [0.29, 0.717) is 6.04 Å². The standard InChI is InChI=1S/C18H26N2/c19-16(10-17-3-1-2-4-20-17)11-18-14-6-12-5-13(8-14)9-15(18)7-12/h1-4,12-16,18H,5-11,19H2. The fourth-order valence-electron chi connectivity index (χ4n) is 5.64. The highest BCUT2D eigenvalue weighted by Gasteiger charge is 2.48. The Bertz CT molecular complexity index is 428. The first-order valence-electron chi connectivity index (χ1n) is 8.43. The SMILES string of the molecule is NC(Cc1ccccn1)CC1C2CC3CC(C2)CC1C3. The van der Waals surface area contributed by atoms with Crippen molar-refractivity contribution < 1.29 is 0 Å². The van der Waals surface area contributed by atoms with Gasteiger partial charge in [-0.15, -0.1) is 0 Å². The minimum Gasteiger partial charge on any atom is -0.327 e. The van der Waals surface area contributed by atoms with Gasteiger partial charge in [0.15, 0.2) is 0 Å². The molecule has 0 saturated heterocycles. The minimum atomic E-state index is 0.299. The summed E-state index contributed by atoms with van der Waals surface area (Å²) in [7, 11) is 0. The van der Waals surface area contributed by atoms with E-state index in [-0.39, 0.29) is 0 Å². The molecule has 0 aromatic carbocycles. The first-order valence-corrected chi connectivity index (χ1v) is 8.43. The molecular formula is C18H26N2. The van der Waals surface area contributed by atoms with Crippen LogP contribution in [0.25, 0.3) is 0 Å². The summed E-state index contributed by atoms with van der Waals surface area (Å²) in [6.45, 7) is 0. The second kappa shape index (κ2) is 5.14. The molecule has 4 aliphatic carbocycles. The largest absolute Gasteiger partial charge is 0.327 e. The minimum absolute atomic E-state index is 0.299. The van der Waals surface area contributed by atoms with E-state index in [1.54, 1.807) is 6.42 Å². The highest BCUT2D eigenvalue weighted by molar-refractivity contribution is 5.06. The van der Waals surface area contributed by atoms with Crippen LogP contribution in [0.3, 0.4) is 0 Å². The van der Waals surface area contributed by atoms with Crippen molar-refractivity contribution in [2.24, 2.45) is 35.3 Å². The Labute approximate surface area is 122 Å². The first kappa shape index (κ1) is 12.8. The van der Waals surface area contributed by atoms with Crippen LogP contribution in [0.1, 0.15) is 44.2 Å². The summed E-state index contributed by atoms with van der Waals surface area (Å²) in [5.41, 5.74) is 7.60. The number of hydrogen-bond acceptors (Lipinski definition) is 2. The molecule has 2 nitrogen and oxygen atoms in total. The zero-order chi connectivity index (χ0) is 13.5. The van der Waals surface area contributed by atoms with Crippen LogP contribution in [-0.4, -0.2) is 11.0 Å². The van der Waals surface area contributed by atoms with Crippen molar-refractivity contribution in [3.63, 3.8) is 0 Å². The number of rotatable bonds is 4. The van der Waals surface area contributed by atoms with Gasteiger partial charge in [0.05, 0.1) is 0 Å². The molecule has 4 aliphatic rings. The average molecular weight is 270 g/mol. The van der Waals surface area contributed by atoms with Crippen molar-refractivity contribution in [3.05, 3.63) is 30.1 Å². The number of pyridine rings is 1. The van der Waals surface area contributed by atoms with Gasteiger partial charge in [-0.1, -0.05) is 6.07 Å². The van der Waals surface area contributed by atoms with Crippen LogP contribution >= 0.6 is 0 Å². The Morgan fingerprint density at radius 2 is 1.75 bits per heavy atom. The lowest BCUT2D eigenvalue weighted by Crippen LogP contribution is -2.47. The van der Waals surface area contributed by atoms with Crippen molar-refractivity contribution >= 4 is 0 Å². The third-order valence-electron chi connectivity index (χ3n) is 6.19. The number of nitrogens with zero attached hydrogens (tertiary/aromatic N) is 1. The molecule has 1 heterocycles. The second-order valence-electron chi connectivity index (χ2n) is 7.62. The summed E-state index contributed by atoms with van der Waals surface area (Å²) in [6.07, 6.45) is 11.6. The Hall–Kier alpha value is -0.890. The van der Waals surface area contributed by atoms with Gasteiger partial charge < -0.3 is 5.73 Å². The molecular weight excluding hydrogens is 244 g/mol. The molecule has 1 aromatic heterocycles. The topological polar surface area (TPSA) is 38.9 Å². The molecule has 4 bridgehead atoms. The molecule has 5 rings (SSSR count). The maximum atomic E-state index is 6.45. The zero-order valence-electron chi connectivity index (χ0n) is 12.2. The van der Waals surface area contributed by atoms with Crippen LogP contribution in [0.2, 0.25) is 0 Å². The van der Waals surface area contributed by atoms with Gasteiger partial charge in [0.25, 0.3) is 0 Å². The van der Waals surface area contributed by atoms with Crippen molar-refractivity contribution in [2.45, 2.75) is 51.0 Å². The molecule has 0 radical (unpaired) electrons. The molecule has 1 unspecified atom stereocenters. The third-order valence-corrected chi connectivity index (χ3v) is 6.19. The lowest BCUT2D eigenvalue weighted by Gasteiger charge is -2.55. The average Bonchev–Trinajstić information content (AvgIpc) is 2.43. The van der Waals surface area contributed by atoms with Crippen molar-refractivity contribution in [2.75, 3.05) is 0 Å². The van der Waals surface area contributed by atoms with E-state index in [1.165, 1.54) is 32.1 Å². The highest BCUT2D eigenvalue weighted by Crippen LogP contribution is 2.57. The molecule has 0 spiro atoms. The van der Waals surface area contributed by atoms with E-state index in [4.69, 9.17) is 5.73 Å². The molecule has 1 atom stereocenters. The fourth-order valence-corrected chi connectivity index (χ4v) is 5.64. The van der Waals surface area contributed by atoms with Gasteiger partial charge in [-0.25, -0.2) is 0 Å². The molecule has 2 heteroatoms. The smallest absolute Gasteiger partial charge is 0.0419 e. The maximum absolute atomic E-state index is 6.45. The second-order valence-corrected chi connectivity index (χ2v) is 7.62. The van der Waals surface area contributed by atoms with Crippen molar-refractivity contribution in [1.82, 2.24) is 4.98 Å². The van der Waals surface area contributed by atoms with E-state index in [0.717, 1.165) is 41.7 Å².